The Morgan fingerprint density at radius 3 is 2.79 bits per heavy atom. The first-order chi connectivity index (χ1) is 13.8. The van der Waals surface area contributed by atoms with Gasteiger partial charge in [-0.25, -0.2) is 0 Å². The first-order valence-electron chi connectivity index (χ1n) is 11.7. The molecule has 4 heteroatoms. The molecule has 1 aliphatic heterocycles. The van der Waals surface area contributed by atoms with Gasteiger partial charge in [0.2, 0.25) is 5.91 Å². The van der Waals surface area contributed by atoms with Crippen LogP contribution in [0.5, 0.6) is 0 Å². The third-order valence-corrected chi connectivity index (χ3v) is 8.38. The fourth-order valence-corrected chi connectivity index (χ4v) is 6.56. The van der Waals surface area contributed by atoms with E-state index in [9.17, 15) is 9.90 Å². The van der Waals surface area contributed by atoms with Crippen molar-refractivity contribution in [3.8, 4) is 0 Å². The highest BCUT2D eigenvalue weighted by Gasteiger charge is 2.64. The molecular formula is C25H36N2O2. The average Bonchev–Trinajstić information content (AvgIpc) is 3.48. The number of carbonyl (C=O) groups is 1. The molecule has 4 nitrogen and oxygen atoms in total. The zero-order chi connectivity index (χ0) is 20.4. The number of likely N-dealkylation sites (tertiary alicyclic amines) is 1. The van der Waals surface area contributed by atoms with Crippen LogP contribution in [-0.2, 0) is 16.6 Å². The highest BCUT2D eigenvalue weighted by Crippen LogP contribution is 2.58. The number of nitrogens with one attached hydrogen (secondary N) is 1. The maximum Gasteiger partial charge on any atom is 0.222 e. The molecule has 1 aromatic rings. The van der Waals surface area contributed by atoms with Gasteiger partial charge in [0.1, 0.15) is 0 Å². The molecule has 4 atom stereocenters. The van der Waals surface area contributed by atoms with Crippen molar-refractivity contribution >= 4 is 5.91 Å². The van der Waals surface area contributed by atoms with Crippen LogP contribution in [-0.4, -0.2) is 46.7 Å². The molecule has 2 bridgehead atoms. The highest BCUT2D eigenvalue weighted by molar-refractivity contribution is 5.78. The summed E-state index contributed by atoms with van der Waals surface area (Å²) in [5.74, 6) is 0.924. The lowest BCUT2D eigenvalue weighted by atomic mass is 9.49. The molecule has 1 heterocycles. The molecule has 0 radical (unpaired) electrons. The van der Waals surface area contributed by atoms with Gasteiger partial charge in [-0.05, 0) is 75.5 Å². The van der Waals surface area contributed by atoms with Crippen molar-refractivity contribution in [1.29, 1.82) is 0 Å². The summed E-state index contributed by atoms with van der Waals surface area (Å²) < 4.78 is 0. The molecule has 0 aromatic heterocycles. The number of piperidine rings is 1. The molecular weight excluding hydrogens is 360 g/mol. The molecule has 0 unspecified atom stereocenters. The summed E-state index contributed by atoms with van der Waals surface area (Å²) in [7, 11) is 0. The lowest BCUT2D eigenvalue weighted by Gasteiger charge is -2.65. The minimum absolute atomic E-state index is 0.0128. The van der Waals surface area contributed by atoms with E-state index >= 15 is 0 Å². The van der Waals surface area contributed by atoms with Gasteiger partial charge in [0, 0.05) is 30.0 Å². The van der Waals surface area contributed by atoms with Gasteiger partial charge in [-0.15, -0.1) is 0 Å². The van der Waals surface area contributed by atoms with Gasteiger partial charge in [0.15, 0.2) is 0 Å². The van der Waals surface area contributed by atoms with E-state index in [4.69, 9.17) is 0 Å². The van der Waals surface area contributed by atoms with Crippen molar-refractivity contribution in [2.24, 2.45) is 11.8 Å². The summed E-state index contributed by atoms with van der Waals surface area (Å²) in [6, 6.07) is 7.14. The molecule has 1 saturated heterocycles. The van der Waals surface area contributed by atoms with E-state index in [0.717, 1.165) is 44.7 Å². The summed E-state index contributed by atoms with van der Waals surface area (Å²) in [5.41, 5.74) is 3.21. The summed E-state index contributed by atoms with van der Waals surface area (Å²) in [5, 5.41) is 15.7. The van der Waals surface area contributed by atoms with E-state index in [1.165, 1.54) is 29.5 Å². The lowest BCUT2D eigenvalue weighted by molar-refractivity contribution is -0.172. The first kappa shape index (κ1) is 19.6. The molecule has 0 spiro atoms. The standard InChI is InChI=1S/C25H36N2O2/c1-16(2)23(28)26-20-8-9-24-10-11-27(15-18-5-6-18)22(25(24,29)14-20)13-19-7-4-17(3)12-21(19)24/h4,7,12,16,18,20,22,29H,5-6,8-11,13-15H2,1-3H3,(H,26,28)/t20-,22+,24-,25+/m0/s1. The van der Waals surface area contributed by atoms with Crippen LogP contribution in [0.15, 0.2) is 18.2 Å². The zero-order valence-corrected chi connectivity index (χ0v) is 18.2. The fraction of sp³-hybridized carbons (Fsp3) is 0.720. The minimum Gasteiger partial charge on any atom is -0.387 e. The number of aliphatic hydroxyl groups is 1. The SMILES string of the molecule is Cc1ccc2c(c1)[C@@]13CC[C@H](NC(=O)C(C)C)C[C@@]1(O)[C@@H](C2)N(CC1CC1)CC3. The largest absolute Gasteiger partial charge is 0.387 e. The Morgan fingerprint density at radius 2 is 2.07 bits per heavy atom. The van der Waals surface area contributed by atoms with Crippen LogP contribution in [0.1, 0.15) is 69.1 Å². The van der Waals surface area contributed by atoms with E-state index in [2.05, 4.69) is 35.3 Å². The second kappa shape index (κ2) is 6.81. The molecule has 3 fully saturated rings. The molecule has 1 aromatic carbocycles. The second-order valence-corrected chi connectivity index (χ2v) is 10.7. The Balaban J connectivity index is 1.53. The zero-order valence-electron chi connectivity index (χ0n) is 18.2. The number of fused-ring (bicyclic) bond motifs is 1. The average molecular weight is 397 g/mol. The van der Waals surface area contributed by atoms with Crippen LogP contribution in [0.3, 0.4) is 0 Å². The predicted octanol–water partition coefficient (Wildman–Crippen LogP) is 3.33. The normalized spacial score (nSPS) is 36.4. The Bertz CT molecular complexity index is 817. The third kappa shape index (κ3) is 3.06. The molecule has 5 rings (SSSR count). The number of rotatable bonds is 4. The van der Waals surface area contributed by atoms with Crippen molar-refractivity contribution in [2.45, 2.75) is 88.8 Å². The van der Waals surface area contributed by atoms with E-state index in [-0.39, 0.29) is 29.3 Å². The second-order valence-electron chi connectivity index (χ2n) is 10.7. The maximum absolute atomic E-state index is 12.4. The van der Waals surface area contributed by atoms with Gasteiger partial charge in [-0.2, -0.15) is 0 Å². The number of benzene rings is 1. The number of carbonyl (C=O) groups excluding carboxylic acids is 1. The predicted molar refractivity (Wildman–Crippen MR) is 115 cm³/mol. The van der Waals surface area contributed by atoms with Crippen molar-refractivity contribution in [1.82, 2.24) is 10.2 Å². The molecule has 29 heavy (non-hydrogen) atoms. The fourth-order valence-electron chi connectivity index (χ4n) is 6.56. The summed E-state index contributed by atoms with van der Waals surface area (Å²) in [6.45, 7) is 8.28. The highest BCUT2D eigenvalue weighted by atomic mass is 16.3. The summed E-state index contributed by atoms with van der Waals surface area (Å²) in [4.78, 5) is 15.0. The first-order valence-corrected chi connectivity index (χ1v) is 11.7. The van der Waals surface area contributed by atoms with Crippen LogP contribution < -0.4 is 5.32 Å². The Hall–Kier alpha value is -1.39. The Kier molecular flexibility index (Phi) is 4.60. The minimum atomic E-state index is -0.756. The number of hydrogen-bond donors (Lipinski definition) is 2. The van der Waals surface area contributed by atoms with Crippen LogP contribution in [0.4, 0.5) is 0 Å². The van der Waals surface area contributed by atoms with Crippen molar-refractivity contribution in [2.75, 3.05) is 13.1 Å². The van der Waals surface area contributed by atoms with Gasteiger partial charge in [-0.3, -0.25) is 9.69 Å². The van der Waals surface area contributed by atoms with Crippen LogP contribution in [0, 0.1) is 18.8 Å². The third-order valence-electron chi connectivity index (χ3n) is 8.38. The number of amides is 1. The molecule has 3 aliphatic carbocycles. The van der Waals surface area contributed by atoms with Gasteiger partial charge < -0.3 is 10.4 Å². The topological polar surface area (TPSA) is 52.6 Å². The monoisotopic (exact) mass is 396 g/mol. The van der Waals surface area contributed by atoms with Crippen LogP contribution in [0.2, 0.25) is 0 Å². The van der Waals surface area contributed by atoms with E-state index in [1.807, 2.05) is 13.8 Å². The quantitative estimate of drug-likeness (QED) is 0.821. The van der Waals surface area contributed by atoms with Crippen LogP contribution >= 0.6 is 0 Å². The van der Waals surface area contributed by atoms with E-state index in [1.54, 1.807) is 0 Å². The summed E-state index contributed by atoms with van der Waals surface area (Å²) in [6.07, 6.45) is 7.27. The number of hydrogen-bond acceptors (Lipinski definition) is 3. The summed E-state index contributed by atoms with van der Waals surface area (Å²) >= 11 is 0. The van der Waals surface area contributed by atoms with Gasteiger partial charge >= 0.3 is 0 Å². The van der Waals surface area contributed by atoms with Crippen molar-refractivity contribution in [3.63, 3.8) is 0 Å². The lowest BCUT2D eigenvalue weighted by Crippen LogP contribution is -2.74. The Labute approximate surface area is 175 Å². The van der Waals surface area contributed by atoms with Crippen LogP contribution in [0.25, 0.3) is 0 Å². The smallest absolute Gasteiger partial charge is 0.222 e. The molecule has 1 amide bonds. The maximum atomic E-state index is 12.4. The molecule has 2 saturated carbocycles. The number of nitrogens with zero attached hydrogens (tertiary/aromatic N) is 1. The van der Waals surface area contributed by atoms with Gasteiger partial charge in [0.25, 0.3) is 0 Å². The molecule has 4 aliphatic rings. The van der Waals surface area contributed by atoms with Gasteiger partial charge in [-0.1, -0.05) is 37.6 Å². The Morgan fingerprint density at radius 1 is 1.28 bits per heavy atom. The van der Waals surface area contributed by atoms with Gasteiger partial charge in [0.05, 0.1) is 5.60 Å². The van der Waals surface area contributed by atoms with E-state index in [0.29, 0.717) is 6.42 Å². The van der Waals surface area contributed by atoms with Crippen molar-refractivity contribution in [3.05, 3.63) is 34.9 Å². The molecule has 158 valence electrons. The number of aryl methyl sites for hydroxylation is 1. The van der Waals surface area contributed by atoms with E-state index < -0.39 is 5.60 Å². The molecule has 2 N–H and O–H groups in total. The van der Waals surface area contributed by atoms with Crippen molar-refractivity contribution < 1.29 is 9.90 Å².